The highest BCUT2D eigenvalue weighted by Gasteiger charge is 2.28. The van der Waals surface area contributed by atoms with E-state index in [1.807, 2.05) is 19.1 Å². The largest absolute Gasteiger partial charge is 0.462 e. The molecule has 0 radical (unpaired) electrons. The Hall–Kier alpha value is -3.10. The number of hydrogen-bond donors (Lipinski definition) is 1. The summed E-state index contributed by atoms with van der Waals surface area (Å²) in [5.41, 5.74) is 3.62. The summed E-state index contributed by atoms with van der Waals surface area (Å²) < 4.78 is 20.8. The Labute approximate surface area is 224 Å². The maximum atomic E-state index is 13.4. The van der Waals surface area contributed by atoms with Gasteiger partial charge in [0.25, 0.3) is 0 Å². The van der Waals surface area contributed by atoms with E-state index in [1.165, 1.54) is 40.1 Å². The average molecular weight is 537 g/mol. The fourth-order valence-electron chi connectivity index (χ4n) is 4.75. The molecule has 2 aromatic carbocycles. The summed E-state index contributed by atoms with van der Waals surface area (Å²) in [6.45, 7) is 4.57. The highest BCUT2D eigenvalue weighted by atomic mass is 32.2. The number of carbonyl (C=O) groups excluding carboxylic acids is 2. The third kappa shape index (κ3) is 5.45. The number of aryl methyl sites for hydroxylation is 1. The number of carbonyl (C=O) groups is 2. The Morgan fingerprint density at radius 1 is 1.14 bits per heavy atom. The molecule has 1 aliphatic rings. The average Bonchev–Trinajstić information content (AvgIpc) is 3.43. The molecule has 0 saturated heterocycles. The van der Waals surface area contributed by atoms with Gasteiger partial charge in [0.05, 0.1) is 17.4 Å². The van der Waals surface area contributed by atoms with Crippen LogP contribution in [0.1, 0.15) is 53.1 Å². The van der Waals surface area contributed by atoms with Crippen LogP contribution in [0.4, 0.5) is 9.39 Å². The molecule has 0 spiro atoms. The Morgan fingerprint density at radius 3 is 2.68 bits per heavy atom. The van der Waals surface area contributed by atoms with Crippen molar-refractivity contribution in [3.05, 3.63) is 82.1 Å². The Kier molecular flexibility index (Phi) is 7.67. The number of esters is 1. The van der Waals surface area contributed by atoms with Gasteiger partial charge in [-0.1, -0.05) is 30.3 Å². The molecule has 1 amide bonds. The molecule has 192 valence electrons. The van der Waals surface area contributed by atoms with Crippen molar-refractivity contribution in [3.8, 4) is 0 Å². The number of aromatic nitrogens is 1. The summed E-state index contributed by atoms with van der Waals surface area (Å²) in [4.78, 5) is 28.2. The van der Waals surface area contributed by atoms with Crippen molar-refractivity contribution >= 4 is 50.9 Å². The molecule has 0 bridgehead atoms. The topological polar surface area (TPSA) is 60.3 Å². The summed E-state index contributed by atoms with van der Waals surface area (Å²) in [5.74, 6) is -0.763. The molecule has 1 unspecified atom stereocenters. The van der Waals surface area contributed by atoms with Gasteiger partial charge in [0.2, 0.25) is 5.91 Å². The molecule has 37 heavy (non-hydrogen) atoms. The predicted molar refractivity (Wildman–Crippen MR) is 148 cm³/mol. The van der Waals surface area contributed by atoms with Crippen molar-refractivity contribution in [2.24, 2.45) is 0 Å². The molecular formula is C29H29FN2O3S2. The summed E-state index contributed by atoms with van der Waals surface area (Å²) >= 11 is 2.99. The van der Waals surface area contributed by atoms with Crippen LogP contribution in [0.2, 0.25) is 0 Å². The third-order valence-corrected chi connectivity index (χ3v) is 8.93. The fraction of sp³-hybridized carbons (Fsp3) is 0.310. The standard InChI is InChI=1S/C29H29FN2O3S2/c1-3-35-29(34)26-22-9-5-7-11-24(22)37-28(26)31-27(33)18(2)36-25-17-32(23-10-6-4-8-21(23)25)16-19-12-14-20(30)15-13-19/h4,6,8,10,12-15,17-18H,3,5,7,9,11,16H2,1-2H3,(H,31,33). The molecule has 5 rings (SSSR count). The van der Waals surface area contributed by atoms with Gasteiger partial charge in [-0.25, -0.2) is 9.18 Å². The number of nitrogens with zero attached hydrogens (tertiary/aromatic N) is 1. The molecule has 0 saturated carbocycles. The van der Waals surface area contributed by atoms with E-state index in [0.29, 0.717) is 23.7 Å². The van der Waals surface area contributed by atoms with Crippen LogP contribution >= 0.6 is 23.1 Å². The molecule has 1 atom stereocenters. The van der Waals surface area contributed by atoms with Crippen LogP contribution in [-0.2, 0) is 28.9 Å². The first-order valence-electron chi connectivity index (χ1n) is 12.6. The normalized spacial score (nSPS) is 13.8. The lowest BCUT2D eigenvalue weighted by Crippen LogP contribution is -2.23. The fourth-order valence-corrected chi connectivity index (χ4v) is 7.07. The molecule has 1 N–H and O–H groups in total. The number of anilines is 1. The van der Waals surface area contributed by atoms with Crippen LogP contribution in [0, 0.1) is 5.82 Å². The van der Waals surface area contributed by atoms with Crippen molar-refractivity contribution in [2.75, 3.05) is 11.9 Å². The third-order valence-electron chi connectivity index (χ3n) is 6.58. The van der Waals surface area contributed by atoms with Gasteiger partial charge < -0.3 is 14.6 Å². The van der Waals surface area contributed by atoms with E-state index in [9.17, 15) is 14.0 Å². The number of hydrogen-bond acceptors (Lipinski definition) is 5. The number of halogens is 1. The predicted octanol–water partition coefficient (Wildman–Crippen LogP) is 7.07. The van der Waals surface area contributed by atoms with E-state index in [0.717, 1.165) is 52.6 Å². The van der Waals surface area contributed by atoms with Crippen LogP contribution in [0.25, 0.3) is 10.9 Å². The number of rotatable bonds is 8. The minimum absolute atomic E-state index is 0.149. The first kappa shape index (κ1) is 25.5. The number of amides is 1. The molecule has 8 heteroatoms. The zero-order chi connectivity index (χ0) is 25.9. The van der Waals surface area contributed by atoms with Gasteiger partial charge in [0, 0.05) is 33.4 Å². The summed E-state index contributed by atoms with van der Waals surface area (Å²) in [6.07, 6.45) is 5.96. The van der Waals surface area contributed by atoms with Crippen LogP contribution < -0.4 is 5.32 Å². The zero-order valence-electron chi connectivity index (χ0n) is 20.9. The Morgan fingerprint density at radius 2 is 1.89 bits per heavy atom. The Bertz CT molecular complexity index is 1440. The van der Waals surface area contributed by atoms with Crippen LogP contribution in [-0.4, -0.2) is 28.3 Å². The summed E-state index contributed by atoms with van der Waals surface area (Å²) in [6, 6.07) is 14.6. The minimum atomic E-state index is -0.390. The molecule has 5 nitrogen and oxygen atoms in total. The van der Waals surface area contributed by atoms with Gasteiger partial charge in [0.15, 0.2) is 0 Å². The number of benzene rings is 2. The lowest BCUT2D eigenvalue weighted by atomic mass is 9.95. The van der Waals surface area contributed by atoms with E-state index in [2.05, 4.69) is 28.2 Å². The highest BCUT2D eigenvalue weighted by molar-refractivity contribution is 8.00. The molecule has 1 aliphatic carbocycles. The molecule has 2 heterocycles. The molecule has 0 aliphatic heterocycles. The number of fused-ring (bicyclic) bond motifs is 2. The molecule has 4 aromatic rings. The second-order valence-electron chi connectivity index (χ2n) is 9.15. The van der Waals surface area contributed by atoms with Gasteiger partial charge >= 0.3 is 5.97 Å². The van der Waals surface area contributed by atoms with E-state index in [4.69, 9.17) is 4.74 Å². The quantitative estimate of drug-likeness (QED) is 0.193. The van der Waals surface area contributed by atoms with E-state index < -0.39 is 0 Å². The number of thioether (sulfide) groups is 1. The molecule has 0 fully saturated rings. The maximum Gasteiger partial charge on any atom is 0.341 e. The summed E-state index contributed by atoms with van der Waals surface area (Å²) in [7, 11) is 0. The summed E-state index contributed by atoms with van der Waals surface area (Å²) in [5, 5.41) is 4.31. The highest BCUT2D eigenvalue weighted by Crippen LogP contribution is 2.39. The van der Waals surface area contributed by atoms with Crippen molar-refractivity contribution in [3.63, 3.8) is 0 Å². The van der Waals surface area contributed by atoms with Crippen LogP contribution in [0.15, 0.2) is 59.6 Å². The number of thiophene rings is 1. The first-order valence-corrected chi connectivity index (χ1v) is 14.3. The minimum Gasteiger partial charge on any atom is -0.462 e. The van der Waals surface area contributed by atoms with Gasteiger partial charge in [0.1, 0.15) is 10.8 Å². The van der Waals surface area contributed by atoms with Gasteiger partial charge in [-0.15, -0.1) is 23.1 Å². The lowest BCUT2D eigenvalue weighted by molar-refractivity contribution is -0.115. The van der Waals surface area contributed by atoms with Crippen molar-refractivity contribution < 1.29 is 18.7 Å². The second kappa shape index (κ2) is 11.1. The van der Waals surface area contributed by atoms with E-state index in [-0.39, 0.29) is 22.9 Å². The molecule has 2 aromatic heterocycles. The monoisotopic (exact) mass is 536 g/mol. The van der Waals surface area contributed by atoms with Gasteiger partial charge in [-0.3, -0.25) is 4.79 Å². The second-order valence-corrected chi connectivity index (χ2v) is 11.6. The van der Waals surface area contributed by atoms with Gasteiger partial charge in [-0.2, -0.15) is 0 Å². The smallest absolute Gasteiger partial charge is 0.341 e. The van der Waals surface area contributed by atoms with Crippen LogP contribution in [0.3, 0.4) is 0 Å². The van der Waals surface area contributed by atoms with Crippen LogP contribution in [0.5, 0.6) is 0 Å². The van der Waals surface area contributed by atoms with Gasteiger partial charge in [-0.05, 0) is 68.9 Å². The van der Waals surface area contributed by atoms with Crippen molar-refractivity contribution in [1.29, 1.82) is 0 Å². The number of para-hydroxylation sites is 1. The van der Waals surface area contributed by atoms with Crippen molar-refractivity contribution in [2.45, 2.75) is 56.2 Å². The number of ether oxygens (including phenoxy) is 1. The zero-order valence-corrected chi connectivity index (χ0v) is 22.5. The first-order chi connectivity index (χ1) is 17.9. The SMILES string of the molecule is CCOC(=O)c1c(NC(=O)C(C)Sc2cn(Cc3ccc(F)cc3)c3ccccc23)sc2c1CCCC2. The Balaban J connectivity index is 1.37. The lowest BCUT2D eigenvalue weighted by Gasteiger charge is -2.13. The van der Waals surface area contributed by atoms with Crippen molar-refractivity contribution in [1.82, 2.24) is 4.57 Å². The molecular weight excluding hydrogens is 507 g/mol. The van der Waals surface area contributed by atoms with E-state index in [1.54, 1.807) is 19.1 Å². The number of nitrogens with one attached hydrogen (secondary N) is 1. The maximum absolute atomic E-state index is 13.4. The van der Waals surface area contributed by atoms with E-state index >= 15 is 0 Å².